The van der Waals surface area contributed by atoms with Gasteiger partial charge in [-0.1, -0.05) is 13.3 Å². The first-order valence-corrected chi connectivity index (χ1v) is 4.96. The van der Waals surface area contributed by atoms with Crippen LogP contribution in [0, 0.1) is 0 Å². The normalized spacial score (nSPS) is 14.7. The van der Waals surface area contributed by atoms with E-state index in [-0.39, 0.29) is 6.54 Å². The zero-order valence-corrected chi connectivity index (χ0v) is 9.10. The van der Waals surface area contributed by atoms with Crippen molar-refractivity contribution in [1.29, 1.82) is 0 Å². The van der Waals surface area contributed by atoms with E-state index in [0.29, 0.717) is 18.0 Å². The van der Waals surface area contributed by atoms with Gasteiger partial charge in [0.15, 0.2) is 0 Å². The number of methoxy groups -OCH3 is 1. The van der Waals surface area contributed by atoms with Crippen LogP contribution in [0.15, 0.2) is 12.4 Å². The lowest BCUT2D eigenvalue weighted by molar-refractivity contribution is 0.0283. The van der Waals surface area contributed by atoms with Crippen molar-refractivity contribution in [3.8, 4) is 5.88 Å². The molecule has 0 fully saturated rings. The van der Waals surface area contributed by atoms with Gasteiger partial charge in [-0.15, -0.1) is 0 Å². The molecule has 0 aliphatic rings. The van der Waals surface area contributed by atoms with Gasteiger partial charge < -0.3 is 15.6 Å². The van der Waals surface area contributed by atoms with Crippen molar-refractivity contribution >= 4 is 0 Å². The fourth-order valence-corrected chi connectivity index (χ4v) is 1.52. The van der Waals surface area contributed by atoms with Crippen LogP contribution in [0.5, 0.6) is 5.88 Å². The molecule has 5 nitrogen and oxygen atoms in total. The Balaban J connectivity index is 3.10. The molecule has 0 saturated carbocycles. The second-order valence-electron chi connectivity index (χ2n) is 3.40. The molecule has 0 aromatic carbocycles. The molecule has 1 unspecified atom stereocenters. The highest BCUT2D eigenvalue weighted by molar-refractivity contribution is 5.24. The number of hydrogen-bond donors (Lipinski definition) is 2. The fourth-order valence-electron chi connectivity index (χ4n) is 1.52. The monoisotopic (exact) mass is 211 g/mol. The number of aromatic nitrogens is 2. The van der Waals surface area contributed by atoms with Crippen molar-refractivity contribution in [3.05, 3.63) is 18.1 Å². The molecule has 5 heteroatoms. The van der Waals surface area contributed by atoms with Gasteiger partial charge in [0.05, 0.1) is 7.11 Å². The van der Waals surface area contributed by atoms with Crippen molar-refractivity contribution in [2.75, 3.05) is 13.7 Å². The molecule has 1 rings (SSSR count). The van der Waals surface area contributed by atoms with Gasteiger partial charge in [0, 0.05) is 18.9 Å². The Bertz CT molecular complexity index is 319. The molecular weight excluding hydrogens is 194 g/mol. The Labute approximate surface area is 89.3 Å². The molecule has 0 spiro atoms. The quantitative estimate of drug-likeness (QED) is 0.738. The van der Waals surface area contributed by atoms with Gasteiger partial charge in [0.2, 0.25) is 5.88 Å². The standard InChI is InChI=1S/C10H17N3O2/c1-3-4-10(14,7-11)8-9(15-2)13-6-5-12-8/h5-6,14H,3-4,7,11H2,1-2H3. The fraction of sp³-hybridized carbons (Fsp3) is 0.600. The van der Waals surface area contributed by atoms with Crippen molar-refractivity contribution in [2.45, 2.75) is 25.4 Å². The van der Waals surface area contributed by atoms with Crippen LogP contribution in [-0.4, -0.2) is 28.7 Å². The lowest BCUT2D eigenvalue weighted by atomic mass is 9.94. The Hall–Kier alpha value is -1.20. The number of ether oxygens (including phenoxy) is 1. The molecule has 1 aromatic rings. The van der Waals surface area contributed by atoms with Crippen LogP contribution in [-0.2, 0) is 5.60 Å². The smallest absolute Gasteiger partial charge is 0.238 e. The molecule has 15 heavy (non-hydrogen) atoms. The summed E-state index contributed by atoms with van der Waals surface area (Å²) in [7, 11) is 1.50. The van der Waals surface area contributed by atoms with Gasteiger partial charge in [-0.2, -0.15) is 0 Å². The van der Waals surface area contributed by atoms with E-state index in [9.17, 15) is 5.11 Å². The third kappa shape index (κ3) is 2.43. The van der Waals surface area contributed by atoms with Crippen molar-refractivity contribution in [2.24, 2.45) is 5.73 Å². The van der Waals surface area contributed by atoms with Crippen LogP contribution in [0.25, 0.3) is 0 Å². The predicted octanol–water partition coefficient (Wildman–Crippen LogP) is 0.432. The SMILES string of the molecule is CCCC(O)(CN)c1nccnc1OC. The zero-order valence-electron chi connectivity index (χ0n) is 9.10. The summed E-state index contributed by atoms with van der Waals surface area (Å²) in [4.78, 5) is 8.09. The Morgan fingerprint density at radius 2 is 2.13 bits per heavy atom. The van der Waals surface area contributed by atoms with E-state index in [2.05, 4.69) is 9.97 Å². The molecule has 84 valence electrons. The second-order valence-corrected chi connectivity index (χ2v) is 3.40. The zero-order chi connectivity index (χ0) is 11.3. The van der Waals surface area contributed by atoms with E-state index in [1.807, 2.05) is 6.92 Å². The van der Waals surface area contributed by atoms with Crippen LogP contribution < -0.4 is 10.5 Å². The molecule has 0 amide bonds. The van der Waals surface area contributed by atoms with Crippen molar-refractivity contribution in [3.63, 3.8) is 0 Å². The Morgan fingerprint density at radius 1 is 1.47 bits per heavy atom. The molecule has 0 saturated heterocycles. The van der Waals surface area contributed by atoms with Gasteiger partial charge in [0.25, 0.3) is 0 Å². The van der Waals surface area contributed by atoms with Gasteiger partial charge in [-0.05, 0) is 6.42 Å². The summed E-state index contributed by atoms with van der Waals surface area (Å²) in [5, 5.41) is 10.3. The van der Waals surface area contributed by atoms with E-state index in [1.165, 1.54) is 19.5 Å². The van der Waals surface area contributed by atoms with E-state index in [1.54, 1.807) is 0 Å². The summed E-state index contributed by atoms with van der Waals surface area (Å²) in [5.74, 6) is 0.332. The van der Waals surface area contributed by atoms with Crippen LogP contribution in [0.4, 0.5) is 0 Å². The predicted molar refractivity (Wildman–Crippen MR) is 56.4 cm³/mol. The molecule has 3 N–H and O–H groups in total. The highest BCUT2D eigenvalue weighted by Gasteiger charge is 2.32. The number of rotatable bonds is 5. The topological polar surface area (TPSA) is 81.3 Å². The van der Waals surface area contributed by atoms with Crippen LogP contribution >= 0.6 is 0 Å². The molecule has 1 heterocycles. The lowest BCUT2D eigenvalue weighted by Crippen LogP contribution is -2.36. The molecule has 0 radical (unpaired) electrons. The summed E-state index contributed by atoms with van der Waals surface area (Å²) in [6.45, 7) is 2.08. The van der Waals surface area contributed by atoms with E-state index in [4.69, 9.17) is 10.5 Å². The molecular formula is C10H17N3O2. The van der Waals surface area contributed by atoms with E-state index < -0.39 is 5.60 Å². The van der Waals surface area contributed by atoms with Crippen LogP contribution in [0.3, 0.4) is 0 Å². The average Bonchev–Trinajstić information content (AvgIpc) is 2.29. The summed E-state index contributed by atoms with van der Waals surface area (Å²) in [6, 6.07) is 0. The summed E-state index contributed by atoms with van der Waals surface area (Å²) in [5.41, 5.74) is 4.84. The third-order valence-electron chi connectivity index (χ3n) is 2.30. The molecule has 1 atom stereocenters. The maximum absolute atomic E-state index is 10.3. The van der Waals surface area contributed by atoms with Gasteiger partial charge in [-0.3, -0.25) is 4.98 Å². The number of aliphatic hydroxyl groups is 1. The van der Waals surface area contributed by atoms with E-state index in [0.717, 1.165) is 6.42 Å². The maximum Gasteiger partial charge on any atom is 0.238 e. The molecule has 0 bridgehead atoms. The minimum Gasteiger partial charge on any atom is -0.480 e. The third-order valence-corrected chi connectivity index (χ3v) is 2.30. The van der Waals surface area contributed by atoms with E-state index >= 15 is 0 Å². The van der Waals surface area contributed by atoms with Gasteiger partial charge >= 0.3 is 0 Å². The van der Waals surface area contributed by atoms with Gasteiger partial charge in [0.1, 0.15) is 11.3 Å². The Kier molecular flexibility index (Phi) is 3.99. The number of hydrogen-bond acceptors (Lipinski definition) is 5. The minimum absolute atomic E-state index is 0.107. The maximum atomic E-state index is 10.3. The van der Waals surface area contributed by atoms with Crippen LogP contribution in [0.2, 0.25) is 0 Å². The average molecular weight is 211 g/mol. The lowest BCUT2D eigenvalue weighted by Gasteiger charge is -2.26. The second kappa shape index (κ2) is 5.04. The molecule has 0 aliphatic heterocycles. The van der Waals surface area contributed by atoms with Crippen molar-refractivity contribution < 1.29 is 9.84 Å². The summed E-state index contributed by atoms with van der Waals surface area (Å²) < 4.78 is 5.05. The molecule has 1 aromatic heterocycles. The summed E-state index contributed by atoms with van der Waals surface area (Å²) >= 11 is 0. The highest BCUT2D eigenvalue weighted by Crippen LogP contribution is 2.29. The van der Waals surface area contributed by atoms with Gasteiger partial charge in [-0.25, -0.2) is 4.98 Å². The Morgan fingerprint density at radius 3 is 2.67 bits per heavy atom. The van der Waals surface area contributed by atoms with Crippen LogP contribution in [0.1, 0.15) is 25.5 Å². The molecule has 0 aliphatic carbocycles. The first-order chi connectivity index (χ1) is 7.18. The first kappa shape index (κ1) is 11.9. The minimum atomic E-state index is -1.14. The highest BCUT2D eigenvalue weighted by atomic mass is 16.5. The van der Waals surface area contributed by atoms with Crippen molar-refractivity contribution in [1.82, 2.24) is 9.97 Å². The largest absolute Gasteiger partial charge is 0.480 e. The number of nitrogens with zero attached hydrogens (tertiary/aromatic N) is 2. The first-order valence-electron chi connectivity index (χ1n) is 4.96. The number of nitrogens with two attached hydrogens (primary N) is 1. The summed E-state index contributed by atoms with van der Waals surface area (Å²) in [6.07, 6.45) is 4.39.